The lowest BCUT2D eigenvalue weighted by Crippen LogP contribution is -2.33. The predicted octanol–water partition coefficient (Wildman–Crippen LogP) is 2.99. The van der Waals surface area contributed by atoms with E-state index < -0.39 is 0 Å². The molecule has 1 N–H and O–H groups in total. The zero-order valence-corrected chi connectivity index (χ0v) is 13.4. The van der Waals surface area contributed by atoms with Crippen LogP contribution in [-0.2, 0) is 16.1 Å². The number of hydrogen-bond acceptors (Lipinski definition) is 2. The number of unbranched alkanes of at least 4 members (excludes halogenated alkanes) is 1. The van der Waals surface area contributed by atoms with E-state index in [1.165, 1.54) is 6.92 Å². The molecule has 1 aromatic carbocycles. The van der Waals surface area contributed by atoms with Gasteiger partial charge < -0.3 is 10.2 Å². The van der Waals surface area contributed by atoms with Gasteiger partial charge in [-0.2, -0.15) is 0 Å². The maximum Gasteiger partial charge on any atom is 0.221 e. The molecule has 0 saturated heterocycles. The molecule has 5 heteroatoms. The van der Waals surface area contributed by atoms with Gasteiger partial charge in [0.05, 0.1) is 0 Å². The molecule has 0 unspecified atom stereocenters. The van der Waals surface area contributed by atoms with Crippen molar-refractivity contribution in [3.63, 3.8) is 0 Å². The molecule has 116 valence electrons. The van der Waals surface area contributed by atoms with Crippen LogP contribution in [0.25, 0.3) is 0 Å². The lowest BCUT2D eigenvalue weighted by atomic mass is 10.2. The molecular formula is C16H23ClN2O2. The van der Waals surface area contributed by atoms with Crippen molar-refractivity contribution >= 4 is 23.4 Å². The Labute approximate surface area is 131 Å². The van der Waals surface area contributed by atoms with E-state index in [-0.39, 0.29) is 11.8 Å². The maximum absolute atomic E-state index is 11.7. The topological polar surface area (TPSA) is 49.4 Å². The highest BCUT2D eigenvalue weighted by Gasteiger charge is 2.11. The van der Waals surface area contributed by atoms with Gasteiger partial charge in [0.15, 0.2) is 0 Å². The van der Waals surface area contributed by atoms with E-state index in [9.17, 15) is 9.59 Å². The molecule has 21 heavy (non-hydrogen) atoms. The molecular weight excluding hydrogens is 288 g/mol. The van der Waals surface area contributed by atoms with Crippen LogP contribution in [0.5, 0.6) is 0 Å². The number of carbonyl (C=O) groups is 2. The average Bonchev–Trinajstić information content (AvgIpc) is 2.45. The van der Waals surface area contributed by atoms with Gasteiger partial charge in [-0.15, -0.1) is 0 Å². The predicted molar refractivity (Wildman–Crippen MR) is 85.1 cm³/mol. The molecule has 0 bridgehead atoms. The first-order valence-electron chi connectivity index (χ1n) is 7.29. The summed E-state index contributed by atoms with van der Waals surface area (Å²) in [5.74, 6) is -0.0443. The van der Waals surface area contributed by atoms with Gasteiger partial charge >= 0.3 is 0 Å². The summed E-state index contributed by atoms with van der Waals surface area (Å²) < 4.78 is 0. The molecule has 0 aliphatic rings. The number of nitrogens with one attached hydrogen (secondary N) is 1. The van der Waals surface area contributed by atoms with Crippen LogP contribution in [0, 0.1) is 0 Å². The monoisotopic (exact) mass is 310 g/mol. The van der Waals surface area contributed by atoms with Crippen LogP contribution in [0.1, 0.15) is 38.7 Å². The van der Waals surface area contributed by atoms with Gasteiger partial charge in [0.25, 0.3) is 0 Å². The summed E-state index contributed by atoms with van der Waals surface area (Å²) in [4.78, 5) is 25.0. The number of carbonyl (C=O) groups excluding carboxylic acids is 2. The van der Waals surface area contributed by atoms with Crippen molar-refractivity contribution in [3.05, 3.63) is 34.9 Å². The third-order valence-electron chi connectivity index (χ3n) is 3.19. The minimum atomic E-state index is -0.0358. The molecule has 0 heterocycles. The van der Waals surface area contributed by atoms with Crippen LogP contribution < -0.4 is 5.32 Å². The second-order valence-corrected chi connectivity index (χ2v) is 5.46. The molecule has 0 aliphatic carbocycles. The van der Waals surface area contributed by atoms with Crippen molar-refractivity contribution in [2.24, 2.45) is 0 Å². The maximum atomic E-state index is 11.7. The van der Waals surface area contributed by atoms with E-state index in [1.807, 2.05) is 12.1 Å². The minimum absolute atomic E-state index is 0.00851. The zero-order valence-electron chi connectivity index (χ0n) is 12.7. The number of rotatable bonds is 8. The smallest absolute Gasteiger partial charge is 0.221 e. The van der Waals surface area contributed by atoms with Crippen molar-refractivity contribution in [3.8, 4) is 0 Å². The van der Waals surface area contributed by atoms with E-state index in [2.05, 4.69) is 12.2 Å². The first-order valence-corrected chi connectivity index (χ1v) is 7.67. The van der Waals surface area contributed by atoms with Gasteiger partial charge in [-0.25, -0.2) is 0 Å². The van der Waals surface area contributed by atoms with Gasteiger partial charge in [-0.05, 0) is 24.1 Å². The van der Waals surface area contributed by atoms with E-state index in [0.717, 1.165) is 18.4 Å². The molecule has 1 aromatic rings. The van der Waals surface area contributed by atoms with Crippen LogP contribution in [0.4, 0.5) is 0 Å². The fourth-order valence-electron chi connectivity index (χ4n) is 1.89. The first kappa shape index (κ1) is 17.5. The number of amides is 2. The summed E-state index contributed by atoms with van der Waals surface area (Å²) >= 11 is 5.84. The Hall–Kier alpha value is -1.55. The summed E-state index contributed by atoms with van der Waals surface area (Å²) in [7, 11) is 0. The molecule has 0 aromatic heterocycles. The third-order valence-corrected chi connectivity index (χ3v) is 3.45. The van der Waals surface area contributed by atoms with Crippen LogP contribution in [0.3, 0.4) is 0 Å². The highest BCUT2D eigenvalue weighted by Crippen LogP contribution is 2.11. The third kappa shape index (κ3) is 7.14. The van der Waals surface area contributed by atoms with Crippen molar-refractivity contribution in [2.75, 3.05) is 13.1 Å². The van der Waals surface area contributed by atoms with E-state index in [1.54, 1.807) is 17.0 Å². The molecule has 0 fully saturated rings. The number of halogens is 1. The van der Waals surface area contributed by atoms with Crippen LogP contribution in [-0.4, -0.2) is 29.8 Å². The van der Waals surface area contributed by atoms with Gasteiger partial charge in [-0.1, -0.05) is 37.1 Å². The Morgan fingerprint density at radius 2 is 1.90 bits per heavy atom. The first-order chi connectivity index (χ1) is 10.0. The SMILES string of the molecule is CCCCNC(=O)CCN(Cc1ccc(Cl)cc1)C(C)=O. The van der Waals surface area contributed by atoms with Gasteiger partial charge in [-0.3, -0.25) is 9.59 Å². The van der Waals surface area contributed by atoms with Gasteiger partial charge in [0.2, 0.25) is 11.8 Å². The van der Waals surface area contributed by atoms with E-state index >= 15 is 0 Å². The molecule has 0 atom stereocenters. The van der Waals surface area contributed by atoms with Gasteiger partial charge in [0.1, 0.15) is 0 Å². The van der Waals surface area contributed by atoms with Crippen molar-refractivity contribution in [1.29, 1.82) is 0 Å². The quantitative estimate of drug-likeness (QED) is 0.750. The number of nitrogens with zero attached hydrogens (tertiary/aromatic N) is 1. The molecule has 0 spiro atoms. The Morgan fingerprint density at radius 1 is 1.24 bits per heavy atom. The lowest BCUT2D eigenvalue weighted by molar-refractivity contribution is -0.130. The largest absolute Gasteiger partial charge is 0.356 e. The number of benzene rings is 1. The standard InChI is InChI=1S/C16H23ClN2O2/c1-3-4-10-18-16(21)9-11-19(13(2)20)12-14-5-7-15(17)8-6-14/h5-8H,3-4,9-12H2,1-2H3,(H,18,21). The Balaban J connectivity index is 2.45. The molecule has 0 radical (unpaired) electrons. The minimum Gasteiger partial charge on any atom is -0.356 e. The normalized spacial score (nSPS) is 10.2. The van der Waals surface area contributed by atoms with Crippen LogP contribution in [0.2, 0.25) is 5.02 Å². The number of hydrogen-bond donors (Lipinski definition) is 1. The van der Waals surface area contributed by atoms with Crippen LogP contribution in [0.15, 0.2) is 24.3 Å². The van der Waals surface area contributed by atoms with E-state index in [0.29, 0.717) is 31.1 Å². The molecule has 1 rings (SSSR count). The molecule has 4 nitrogen and oxygen atoms in total. The summed E-state index contributed by atoms with van der Waals surface area (Å²) in [6.07, 6.45) is 2.36. The lowest BCUT2D eigenvalue weighted by Gasteiger charge is -2.21. The Morgan fingerprint density at radius 3 is 2.48 bits per heavy atom. The summed E-state index contributed by atoms with van der Waals surface area (Å²) in [5, 5.41) is 3.52. The molecule has 0 aliphatic heterocycles. The summed E-state index contributed by atoms with van der Waals surface area (Å²) in [5.41, 5.74) is 1.00. The highest BCUT2D eigenvalue weighted by atomic mass is 35.5. The summed E-state index contributed by atoms with van der Waals surface area (Å²) in [6, 6.07) is 7.37. The molecule has 2 amide bonds. The Bertz CT molecular complexity index is 460. The van der Waals surface area contributed by atoms with Crippen molar-refractivity contribution in [1.82, 2.24) is 10.2 Å². The molecule has 0 saturated carbocycles. The summed E-state index contributed by atoms with van der Waals surface area (Å²) in [6.45, 7) is 5.22. The van der Waals surface area contributed by atoms with Crippen molar-refractivity contribution < 1.29 is 9.59 Å². The van der Waals surface area contributed by atoms with Gasteiger partial charge in [0, 0.05) is 38.0 Å². The van der Waals surface area contributed by atoms with Crippen LogP contribution >= 0.6 is 11.6 Å². The fourth-order valence-corrected chi connectivity index (χ4v) is 2.01. The Kier molecular flexibility index (Phi) is 7.83. The second kappa shape index (κ2) is 9.40. The van der Waals surface area contributed by atoms with E-state index in [4.69, 9.17) is 11.6 Å². The average molecular weight is 311 g/mol. The highest BCUT2D eigenvalue weighted by molar-refractivity contribution is 6.30. The zero-order chi connectivity index (χ0) is 15.7. The van der Waals surface area contributed by atoms with Crippen molar-refractivity contribution in [2.45, 2.75) is 39.7 Å². The second-order valence-electron chi connectivity index (χ2n) is 5.02. The fraction of sp³-hybridized carbons (Fsp3) is 0.500.